The van der Waals surface area contributed by atoms with Crippen LogP contribution in [0, 0.1) is 15.9 Å². The number of anilines is 1. The summed E-state index contributed by atoms with van der Waals surface area (Å²) in [5.74, 6) is 0.367. The summed E-state index contributed by atoms with van der Waals surface area (Å²) in [5.41, 5.74) is 1.09. The molecule has 0 unspecified atom stereocenters. The molecule has 9 heteroatoms. The zero-order valence-electron chi connectivity index (χ0n) is 14.7. The van der Waals surface area contributed by atoms with Crippen molar-refractivity contribution in [1.82, 2.24) is 10.1 Å². The van der Waals surface area contributed by atoms with Gasteiger partial charge in [0.25, 0.3) is 5.69 Å². The summed E-state index contributed by atoms with van der Waals surface area (Å²) >= 11 is 3.40. The fourth-order valence-electron chi connectivity index (χ4n) is 3.41. The maximum absolute atomic E-state index is 14.5. The molecule has 0 radical (unpaired) electrons. The molecule has 0 amide bonds. The maximum atomic E-state index is 14.5. The average Bonchev–Trinajstić information content (AvgIpc) is 3.32. The van der Waals surface area contributed by atoms with Crippen LogP contribution in [0.15, 0.2) is 51.5 Å². The predicted molar refractivity (Wildman–Crippen MR) is 104 cm³/mol. The third-order valence-electron chi connectivity index (χ3n) is 4.75. The third kappa shape index (κ3) is 3.75. The van der Waals surface area contributed by atoms with Gasteiger partial charge in [-0.1, -0.05) is 33.2 Å². The zero-order valence-corrected chi connectivity index (χ0v) is 16.3. The van der Waals surface area contributed by atoms with Gasteiger partial charge in [0.2, 0.25) is 5.89 Å². The number of nitro benzene ring substituents is 1. The summed E-state index contributed by atoms with van der Waals surface area (Å²) in [7, 11) is 0. The Balaban J connectivity index is 1.55. The first-order valence-electron chi connectivity index (χ1n) is 8.79. The van der Waals surface area contributed by atoms with Crippen LogP contribution in [-0.2, 0) is 6.42 Å². The molecular weight excluding hydrogens is 431 g/mol. The van der Waals surface area contributed by atoms with Crippen molar-refractivity contribution in [3.8, 4) is 0 Å². The second-order valence-electron chi connectivity index (χ2n) is 6.60. The molecule has 2 aromatic carbocycles. The Labute approximate surface area is 168 Å². The lowest BCUT2D eigenvalue weighted by Gasteiger charge is -2.24. The highest BCUT2D eigenvalue weighted by molar-refractivity contribution is 9.10. The number of aromatic nitrogens is 2. The number of nitro groups is 1. The fraction of sp³-hybridized carbons (Fsp3) is 0.263. The van der Waals surface area contributed by atoms with Crippen molar-refractivity contribution < 1.29 is 13.8 Å². The minimum absolute atomic E-state index is 0.248. The van der Waals surface area contributed by atoms with Crippen molar-refractivity contribution in [3.05, 3.63) is 80.1 Å². The molecular formula is C19H16BrFN4O3. The largest absolute Gasteiger partial charge is 0.357 e. The number of halogens is 2. The molecule has 1 aliphatic heterocycles. The van der Waals surface area contributed by atoms with E-state index in [9.17, 15) is 14.5 Å². The van der Waals surface area contributed by atoms with Crippen LogP contribution >= 0.6 is 15.9 Å². The Morgan fingerprint density at radius 3 is 2.79 bits per heavy atom. The highest BCUT2D eigenvalue weighted by atomic mass is 79.9. The molecule has 1 atom stereocenters. The van der Waals surface area contributed by atoms with Gasteiger partial charge in [-0.2, -0.15) is 4.98 Å². The standard InChI is InChI=1S/C19H16BrFN4O3/c20-13-5-3-12(4-6-13)10-18-22-19(28-23-18)17-2-1-9-24(17)16-8-7-14(25(26)27)11-15(16)21/h3-8,11,17H,1-2,9-10H2/t17-/m1/s1. The van der Waals surface area contributed by atoms with Gasteiger partial charge in [0.15, 0.2) is 11.6 Å². The van der Waals surface area contributed by atoms with Gasteiger partial charge in [0, 0.05) is 23.5 Å². The van der Waals surface area contributed by atoms with Gasteiger partial charge in [-0.25, -0.2) is 4.39 Å². The number of benzene rings is 2. The second kappa shape index (κ2) is 7.67. The molecule has 7 nitrogen and oxygen atoms in total. The first-order chi connectivity index (χ1) is 13.5. The van der Waals surface area contributed by atoms with E-state index in [1.807, 2.05) is 29.2 Å². The number of non-ortho nitro benzene ring substituents is 1. The van der Waals surface area contributed by atoms with Crippen molar-refractivity contribution >= 4 is 27.3 Å². The van der Waals surface area contributed by atoms with Crippen LogP contribution in [0.5, 0.6) is 0 Å². The van der Waals surface area contributed by atoms with E-state index in [1.165, 1.54) is 12.1 Å². The van der Waals surface area contributed by atoms with Crippen molar-refractivity contribution in [3.63, 3.8) is 0 Å². The maximum Gasteiger partial charge on any atom is 0.272 e. The van der Waals surface area contributed by atoms with E-state index in [-0.39, 0.29) is 11.7 Å². The summed E-state index contributed by atoms with van der Waals surface area (Å²) in [6.45, 7) is 0.615. The Morgan fingerprint density at radius 2 is 2.07 bits per heavy atom. The third-order valence-corrected chi connectivity index (χ3v) is 5.28. The van der Waals surface area contributed by atoms with Gasteiger partial charge >= 0.3 is 0 Å². The molecule has 1 aromatic heterocycles. The molecule has 1 fully saturated rings. The SMILES string of the molecule is O=[N+]([O-])c1ccc(N2CCC[C@@H]2c2nc(Cc3ccc(Br)cc3)no2)c(F)c1. The number of rotatable bonds is 5. The summed E-state index contributed by atoms with van der Waals surface area (Å²) in [6.07, 6.45) is 2.12. The zero-order chi connectivity index (χ0) is 19.7. The quantitative estimate of drug-likeness (QED) is 0.412. The van der Waals surface area contributed by atoms with Gasteiger partial charge in [0.05, 0.1) is 16.7 Å². The Kier molecular flexibility index (Phi) is 5.08. The lowest BCUT2D eigenvalue weighted by Crippen LogP contribution is -2.23. The van der Waals surface area contributed by atoms with Crippen molar-refractivity contribution in [2.24, 2.45) is 0 Å². The van der Waals surface area contributed by atoms with E-state index < -0.39 is 10.7 Å². The van der Waals surface area contributed by atoms with Gasteiger partial charge < -0.3 is 9.42 Å². The molecule has 0 spiro atoms. The minimum atomic E-state index is -0.629. The molecule has 144 valence electrons. The predicted octanol–water partition coefficient (Wildman–Crippen LogP) is 4.81. The van der Waals surface area contributed by atoms with Gasteiger partial charge in [-0.3, -0.25) is 10.1 Å². The van der Waals surface area contributed by atoms with Crippen LogP contribution in [0.1, 0.15) is 36.2 Å². The Morgan fingerprint density at radius 1 is 1.29 bits per heavy atom. The monoisotopic (exact) mass is 446 g/mol. The summed E-state index contributed by atoms with van der Waals surface area (Å²) in [4.78, 5) is 16.6. The van der Waals surface area contributed by atoms with Crippen molar-refractivity contribution in [1.29, 1.82) is 0 Å². The average molecular weight is 447 g/mol. The fourth-order valence-corrected chi connectivity index (χ4v) is 3.68. The lowest BCUT2D eigenvalue weighted by molar-refractivity contribution is -0.385. The van der Waals surface area contributed by atoms with E-state index in [1.54, 1.807) is 0 Å². The van der Waals surface area contributed by atoms with Crippen LogP contribution in [0.4, 0.5) is 15.8 Å². The topological polar surface area (TPSA) is 85.3 Å². The highest BCUT2D eigenvalue weighted by Crippen LogP contribution is 2.37. The minimum Gasteiger partial charge on any atom is -0.357 e. The van der Waals surface area contributed by atoms with Crippen LogP contribution in [-0.4, -0.2) is 21.6 Å². The molecule has 0 bridgehead atoms. The van der Waals surface area contributed by atoms with E-state index >= 15 is 0 Å². The molecule has 0 saturated carbocycles. The normalized spacial score (nSPS) is 16.5. The van der Waals surface area contributed by atoms with Gasteiger partial charge in [-0.15, -0.1) is 0 Å². The van der Waals surface area contributed by atoms with E-state index in [2.05, 4.69) is 26.1 Å². The Hall–Kier alpha value is -2.81. The van der Waals surface area contributed by atoms with Crippen molar-refractivity contribution in [2.75, 3.05) is 11.4 Å². The van der Waals surface area contributed by atoms with Crippen LogP contribution in [0.3, 0.4) is 0 Å². The molecule has 0 aliphatic carbocycles. The van der Waals surface area contributed by atoms with Crippen molar-refractivity contribution in [2.45, 2.75) is 25.3 Å². The molecule has 28 heavy (non-hydrogen) atoms. The number of nitrogens with zero attached hydrogens (tertiary/aromatic N) is 4. The van der Waals surface area contributed by atoms with Crippen LogP contribution in [0.2, 0.25) is 0 Å². The smallest absolute Gasteiger partial charge is 0.272 e. The molecule has 4 rings (SSSR count). The highest BCUT2D eigenvalue weighted by Gasteiger charge is 2.32. The molecule has 0 N–H and O–H groups in total. The summed E-state index contributed by atoms with van der Waals surface area (Å²) < 4.78 is 20.9. The van der Waals surface area contributed by atoms with Crippen LogP contribution in [0.25, 0.3) is 0 Å². The van der Waals surface area contributed by atoms with E-state index in [0.29, 0.717) is 30.4 Å². The van der Waals surface area contributed by atoms with E-state index in [4.69, 9.17) is 4.52 Å². The first kappa shape index (κ1) is 18.5. The van der Waals surface area contributed by atoms with E-state index in [0.717, 1.165) is 28.9 Å². The summed E-state index contributed by atoms with van der Waals surface area (Å²) in [6, 6.07) is 11.3. The number of hydrogen-bond acceptors (Lipinski definition) is 6. The lowest BCUT2D eigenvalue weighted by atomic mass is 10.1. The summed E-state index contributed by atoms with van der Waals surface area (Å²) in [5, 5.41) is 14.9. The Bertz CT molecular complexity index is 1010. The van der Waals surface area contributed by atoms with Crippen LogP contribution < -0.4 is 4.90 Å². The van der Waals surface area contributed by atoms with Gasteiger partial charge in [-0.05, 0) is 36.6 Å². The first-order valence-corrected chi connectivity index (χ1v) is 9.58. The number of hydrogen-bond donors (Lipinski definition) is 0. The molecule has 3 aromatic rings. The molecule has 1 aliphatic rings. The molecule has 1 saturated heterocycles. The molecule has 2 heterocycles. The van der Waals surface area contributed by atoms with Gasteiger partial charge in [0.1, 0.15) is 6.04 Å². The second-order valence-corrected chi connectivity index (χ2v) is 7.51.